The zero-order valence-electron chi connectivity index (χ0n) is 14.8. The van der Waals surface area contributed by atoms with E-state index in [-0.39, 0.29) is 18.2 Å². The molecule has 0 bridgehead atoms. The minimum absolute atomic E-state index is 0.0590. The standard InChI is InChI=1S/C20H21ClN2O3/c1-3-26-17-8-6-16(7-9-17)23-12-14(10-19(23)24)20(25)22-15-5-4-13(2)18(21)11-15/h4-9,11,14H,3,10,12H2,1-2H3,(H,22,25). The zero-order valence-corrected chi connectivity index (χ0v) is 15.5. The number of nitrogens with zero attached hydrogens (tertiary/aromatic N) is 1. The molecule has 1 aliphatic rings. The van der Waals surface area contributed by atoms with Crippen molar-refractivity contribution in [2.75, 3.05) is 23.4 Å². The highest BCUT2D eigenvalue weighted by atomic mass is 35.5. The van der Waals surface area contributed by atoms with E-state index in [1.54, 1.807) is 17.0 Å². The maximum Gasteiger partial charge on any atom is 0.229 e. The molecule has 2 amide bonds. The second-order valence-electron chi connectivity index (χ2n) is 6.29. The van der Waals surface area contributed by atoms with Crippen LogP contribution in [0.25, 0.3) is 0 Å². The summed E-state index contributed by atoms with van der Waals surface area (Å²) in [6.07, 6.45) is 0.193. The second kappa shape index (κ2) is 7.79. The van der Waals surface area contributed by atoms with Crippen molar-refractivity contribution in [1.29, 1.82) is 0 Å². The van der Waals surface area contributed by atoms with Crippen LogP contribution >= 0.6 is 11.6 Å². The Morgan fingerprint density at radius 1 is 1.27 bits per heavy atom. The predicted molar refractivity (Wildman–Crippen MR) is 103 cm³/mol. The summed E-state index contributed by atoms with van der Waals surface area (Å²) in [5.41, 5.74) is 2.35. The Labute approximate surface area is 157 Å². The van der Waals surface area contributed by atoms with Gasteiger partial charge in [0.25, 0.3) is 0 Å². The van der Waals surface area contributed by atoms with Gasteiger partial charge in [-0.3, -0.25) is 9.59 Å². The van der Waals surface area contributed by atoms with Crippen LogP contribution in [0.4, 0.5) is 11.4 Å². The number of carbonyl (C=O) groups is 2. The van der Waals surface area contributed by atoms with Gasteiger partial charge in [0.2, 0.25) is 11.8 Å². The Bertz CT molecular complexity index is 820. The van der Waals surface area contributed by atoms with Gasteiger partial charge in [-0.15, -0.1) is 0 Å². The van der Waals surface area contributed by atoms with Crippen LogP contribution in [0.3, 0.4) is 0 Å². The largest absolute Gasteiger partial charge is 0.494 e. The van der Waals surface area contributed by atoms with E-state index in [4.69, 9.17) is 16.3 Å². The van der Waals surface area contributed by atoms with Crippen LogP contribution in [-0.4, -0.2) is 25.0 Å². The van der Waals surface area contributed by atoms with E-state index < -0.39 is 5.92 Å². The molecule has 0 spiro atoms. The Hall–Kier alpha value is -2.53. The number of hydrogen-bond donors (Lipinski definition) is 1. The van der Waals surface area contributed by atoms with Gasteiger partial charge in [0.15, 0.2) is 0 Å². The van der Waals surface area contributed by atoms with Crippen LogP contribution in [0.5, 0.6) is 5.75 Å². The van der Waals surface area contributed by atoms with Gasteiger partial charge < -0.3 is 15.0 Å². The molecule has 0 aromatic heterocycles. The number of amides is 2. The molecule has 2 aromatic rings. The van der Waals surface area contributed by atoms with E-state index in [2.05, 4.69) is 5.32 Å². The van der Waals surface area contributed by atoms with Crippen LogP contribution in [0.2, 0.25) is 5.02 Å². The van der Waals surface area contributed by atoms with Crippen LogP contribution in [0, 0.1) is 12.8 Å². The Morgan fingerprint density at radius 2 is 2.00 bits per heavy atom. The molecule has 1 aliphatic heterocycles. The van der Waals surface area contributed by atoms with Crippen molar-refractivity contribution in [3.63, 3.8) is 0 Å². The summed E-state index contributed by atoms with van der Waals surface area (Å²) in [6, 6.07) is 12.7. The molecule has 0 radical (unpaired) electrons. The zero-order chi connectivity index (χ0) is 18.7. The van der Waals surface area contributed by atoms with Crippen molar-refractivity contribution in [1.82, 2.24) is 0 Å². The van der Waals surface area contributed by atoms with Crippen LogP contribution in [-0.2, 0) is 9.59 Å². The summed E-state index contributed by atoms with van der Waals surface area (Å²) >= 11 is 6.09. The molecule has 136 valence electrons. The molecule has 1 N–H and O–H groups in total. The number of halogens is 1. The highest BCUT2D eigenvalue weighted by molar-refractivity contribution is 6.31. The molecule has 1 unspecified atom stereocenters. The van der Waals surface area contributed by atoms with Crippen LogP contribution < -0.4 is 15.0 Å². The first-order chi connectivity index (χ1) is 12.5. The lowest BCUT2D eigenvalue weighted by Gasteiger charge is -2.17. The molecule has 6 heteroatoms. The van der Waals surface area contributed by atoms with Gasteiger partial charge in [0, 0.05) is 29.4 Å². The molecule has 3 rings (SSSR count). The van der Waals surface area contributed by atoms with E-state index in [0.29, 0.717) is 23.9 Å². The molecule has 0 aliphatic carbocycles. The third kappa shape index (κ3) is 3.99. The van der Waals surface area contributed by atoms with E-state index in [1.807, 2.05) is 44.2 Å². The monoisotopic (exact) mass is 372 g/mol. The molecule has 1 fully saturated rings. The van der Waals surface area contributed by atoms with Gasteiger partial charge in [-0.25, -0.2) is 0 Å². The fraction of sp³-hybridized carbons (Fsp3) is 0.300. The predicted octanol–water partition coefficient (Wildman–Crippen LogP) is 4.04. The molecule has 1 heterocycles. The molecular weight excluding hydrogens is 352 g/mol. The van der Waals surface area contributed by atoms with Crippen molar-refractivity contribution < 1.29 is 14.3 Å². The molecule has 0 saturated carbocycles. The quantitative estimate of drug-likeness (QED) is 0.861. The Balaban J connectivity index is 1.66. The Kier molecular flexibility index (Phi) is 5.47. The van der Waals surface area contributed by atoms with Crippen molar-refractivity contribution in [3.8, 4) is 5.75 Å². The molecule has 1 saturated heterocycles. The molecule has 5 nitrogen and oxygen atoms in total. The molecular formula is C20H21ClN2O3. The highest BCUT2D eigenvalue weighted by Gasteiger charge is 2.35. The van der Waals surface area contributed by atoms with Gasteiger partial charge >= 0.3 is 0 Å². The van der Waals surface area contributed by atoms with Gasteiger partial charge in [-0.1, -0.05) is 17.7 Å². The number of ether oxygens (including phenoxy) is 1. The smallest absolute Gasteiger partial charge is 0.229 e. The van der Waals surface area contributed by atoms with E-state index in [1.165, 1.54) is 0 Å². The summed E-state index contributed by atoms with van der Waals surface area (Å²) in [7, 11) is 0. The lowest BCUT2D eigenvalue weighted by molar-refractivity contribution is -0.122. The fourth-order valence-corrected chi connectivity index (χ4v) is 3.12. The first-order valence-electron chi connectivity index (χ1n) is 8.58. The first kappa shape index (κ1) is 18.3. The van der Waals surface area contributed by atoms with E-state index in [0.717, 1.165) is 17.0 Å². The van der Waals surface area contributed by atoms with Gasteiger partial charge in [-0.2, -0.15) is 0 Å². The van der Waals surface area contributed by atoms with Crippen molar-refractivity contribution in [2.24, 2.45) is 5.92 Å². The van der Waals surface area contributed by atoms with Crippen LogP contribution in [0.15, 0.2) is 42.5 Å². The minimum atomic E-state index is -0.394. The Morgan fingerprint density at radius 3 is 2.65 bits per heavy atom. The van der Waals surface area contributed by atoms with Crippen molar-refractivity contribution >= 4 is 34.8 Å². The lowest BCUT2D eigenvalue weighted by atomic mass is 10.1. The number of nitrogens with one attached hydrogen (secondary N) is 1. The number of anilines is 2. The average molecular weight is 373 g/mol. The normalized spacial score (nSPS) is 16.7. The topological polar surface area (TPSA) is 58.6 Å². The van der Waals surface area contributed by atoms with E-state index >= 15 is 0 Å². The van der Waals surface area contributed by atoms with Gasteiger partial charge in [0.1, 0.15) is 5.75 Å². The van der Waals surface area contributed by atoms with Crippen molar-refractivity contribution in [3.05, 3.63) is 53.1 Å². The third-order valence-corrected chi connectivity index (χ3v) is 4.80. The van der Waals surface area contributed by atoms with E-state index in [9.17, 15) is 9.59 Å². The SMILES string of the molecule is CCOc1ccc(N2CC(C(=O)Nc3ccc(C)c(Cl)c3)CC2=O)cc1. The number of aryl methyl sites for hydroxylation is 1. The maximum atomic E-state index is 12.5. The number of benzene rings is 2. The third-order valence-electron chi connectivity index (χ3n) is 4.39. The maximum absolute atomic E-state index is 12.5. The molecule has 1 atom stereocenters. The average Bonchev–Trinajstić information content (AvgIpc) is 3.01. The summed E-state index contributed by atoms with van der Waals surface area (Å²) in [6.45, 7) is 4.77. The summed E-state index contributed by atoms with van der Waals surface area (Å²) in [5.74, 6) is 0.130. The van der Waals surface area contributed by atoms with Gasteiger partial charge in [0.05, 0.1) is 12.5 Å². The highest BCUT2D eigenvalue weighted by Crippen LogP contribution is 2.28. The summed E-state index contributed by atoms with van der Waals surface area (Å²) in [4.78, 5) is 26.5. The number of carbonyl (C=O) groups excluding carboxylic acids is 2. The number of hydrogen-bond acceptors (Lipinski definition) is 3. The summed E-state index contributed by atoms with van der Waals surface area (Å²) < 4.78 is 5.42. The summed E-state index contributed by atoms with van der Waals surface area (Å²) in [5, 5.41) is 3.45. The second-order valence-corrected chi connectivity index (χ2v) is 6.69. The molecule has 2 aromatic carbocycles. The first-order valence-corrected chi connectivity index (χ1v) is 8.96. The fourth-order valence-electron chi connectivity index (χ4n) is 2.94. The minimum Gasteiger partial charge on any atom is -0.494 e. The van der Waals surface area contributed by atoms with Gasteiger partial charge in [-0.05, 0) is 55.8 Å². The number of rotatable bonds is 5. The lowest BCUT2D eigenvalue weighted by Crippen LogP contribution is -2.28. The molecule has 26 heavy (non-hydrogen) atoms. The van der Waals surface area contributed by atoms with Crippen LogP contribution in [0.1, 0.15) is 18.9 Å². The van der Waals surface area contributed by atoms with Crippen molar-refractivity contribution in [2.45, 2.75) is 20.3 Å².